The predicted octanol–water partition coefficient (Wildman–Crippen LogP) is 2.30. The van der Waals surface area contributed by atoms with E-state index in [1.807, 2.05) is 0 Å². The molecule has 0 fully saturated rings. The molecule has 1 unspecified atom stereocenters. The molecule has 1 rings (SSSR count). The standard InChI is InChI=1S/C10H13O/c1-8-5-9(2)7-10(6-8)3-4-11/h4-8H,3H2,1-2H3. The third kappa shape index (κ3) is 2.34. The van der Waals surface area contributed by atoms with Crippen LogP contribution in [0, 0.1) is 12.3 Å². The first kappa shape index (κ1) is 8.25. The van der Waals surface area contributed by atoms with Crippen molar-refractivity contribution in [2.75, 3.05) is 0 Å². The number of rotatable bonds is 2. The minimum atomic E-state index is 0.481. The van der Waals surface area contributed by atoms with E-state index in [0.717, 1.165) is 11.9 Å². The lowest BCUT2D eigenvalue weighted by Gasteiger charge is -2.14. The first-order chi connectivity index (χ1) is 5.22. The van der Waals surface area contributed by atoms with Gasteiger partial charge in [-0.3, -0.25) is 0 Å². The van der Waals surface area contributed by atoms with Crippen molar-refractivity contribution in [2.24, 2.45) is 5.92 Å². The molecular formula is C10H13O. The van der Waals surface area contributed by atoms with Crippen LogP contribution < -0.4 is 0 Å². The minimum absolute atomic E-state index is 0.481. The molecule has 0 N–H and O–H groups in total. The van der Waals surface area contributed by atoms with E-state index in [9.17, 15) is 4.79 Å². The Hall–Kier alpha value is -0.850. The van der Waals surface area contributed by atoms with Crippen molar-refractivity contribution >= 4 is 6.29 Å². The molecule has 1 aliphatic rings. The lowest BCUT2D eigenvalue weighted by Crippen LogP contribution is -2.00. The Bertz CT molecular complexity index is 211. The van der Waals surface area contributed by atoms with Crippen LogP contribution in [-0.2, 0) is 4.79 Å². The third-order valence-electron chi connectivity index (χ3n) is 1.73. The third-order valence-corrected chi connectivity index (χ3v) is 1.73. The second-order valence-corrected chi connectivity index (χ2v) is 3.03. The van der Waals surface area contributed by atoms with Crippen LogP contribution in [0.15, 0.2) is 23.3 Å². The molecule has 0 aromatic rings. The van der Waals surface area contributed by atoms with Crippen molar-refractivity contribution in [3.05, 3.63) is 29.7 Å². The summed E-state index contributed by atoms with van der Waals surface area (Å²) in [6.45, 7) is 4.19. The van der Waals surface area contributed by atoms with Gasteiger partial charge in [0.05, 0.1) is 0 Å². The van der Waals surface area contributed by atoms with Crippen LogP contribution in [0.3, 0.4) is 0 Å². The number of hydrogen-bond acceptors (Lipinski definition) is 1. The molecule has 1 atom stereocenters. The molecule has 0 heterocycles. The summed E-state index contributed by atoms with van der Waals surface area (Å²) < 4.78 is 0. The Kier molecular flexibility index (Phi) is 2.64. The number of carbonyl (C=O) groups excluding carboxylic acids is 1. The molecule has 0 saturated heterocycles. The molecule has 11 heavy (non-hydrogen) atoms. The van der Waals surface area contributed by atoms with E-state index in [0.29, 0.717) is 12.3 Å². The monoisotopic (exact) mass is 149 g/mol. The fraction of sp³-hybridized carbons (Fsp3) is 0.400. The number of aldehydes is 1. The number of allylic oxidation sites excluding steroid dienone is 4. The summed E-state index contributed by atoms with van der Waals surface area (Å²) >= 11 is 0. The summed E-state index contributed by atoms with van der Waals surface area (Å²) in [6.07, 6.45) is 7.88. The molecule has 0 bridgehead atoms. The van der Waals surface area contributed by atoms with Gasteiger partial charge in [-0.15, -0.1) is 0 Å². The average molecular weight is 149 g/mol. The Morgan fingerprint density at radius 2 is 2.36 bits per heavy atom. The largest absolute Gasteiger partial charge is 0.303 e. The molecule has 59 valence electrons. The number of hydrogen-bond donors (Lipinski definition) is 0. The van der Waals surface area contributed by atoms with Crippen LogP contribution >= 0.6 is 0 Å². The van der Waals surface area contributed by atoms with Gasteiger partial charge in [0.1, 0.15) is 6.29 Å². The van der Waals surface area contributed by atoms with Crippen molar-refractivity contribution in [1.29, 1.82) is 0 Å². The zero-order valence-electron chi connectivity index (χ0n) is 7.00. The molecule has 0 aromatic heterocycles. The van der Waals surface area contributed by atoms with E-state index in [1.54, 1.807) is 0 Å². The SMILES string of the molecule is CC1=CC(CC=O)=CC(C)[CH]1. The zero-order chi connectivity index (χ0) is 8.27. The molecule has 1 nitrogen and oxygen atoms in total. The van der Waals surface area contributed by atoms with Crippen molar-refractivity contribution in [3.63, 3.8) is 0 Å². The fourth-order valence-corrected chi connectivity index (χ4v) is 1.41. The highest BCUT2D eigenvalue weighted by Crippen LogP contribution is 2.21. The molecule has 0 spiro atoms. The van der Waals surface area contributed by atoms with Gasteiger partial charge in [0.15, 0.2) is 0 Å². The van der Waals surface area contributed by atoms with E-state index >= 15 is 0 Å². The summed E-state index contributed by atoms with van der Waals surface area (Å²) in [5.74, 6) is 0.481. The summed E-state index contributed by atoms with van der Waals surface area (Å²) in [7, 11) is 0. The van der Waals surface area contributed by atoms with Crippen molar-refractivity contribution < 1.29 is 4.79 Å². The summed E-state index contributed by atoms with van der Waals surface area (Å²) in [5.41, 5.74) is 2.41. The van der Waals surface area contributed by atoms with E-state index in [4.69, 9.17) is 0 Å². The fourth-order valence-electron chi connectivity index (χ4n) is 1.41. The first-order valence-corrected chi connectivity index (χ1v) is 3.90. The Balaban J connectivity index is 2.69. The molecule has 0 amide bonds. The quantitative estimate of drug-likeness (QED) is 0.550. The van der Waals surface area contributed by atoms with Gasteiger partial charge in [0.25, 0.3) is 0 Å². The van der Waals surface area contributed by atoms with Crippen LogP contribution in [0.1, 0.15) is 20.3 Å². The molecule has 1 heteroatoms. The van der Waals surface area contributed by atoms with Crippen molar-refractivity contribution in [2.45, 2.75) is 20.3 Å². The van der Waals surface area contributed by atoms with Gasteiger partial charge in [-0.25, -0.2) is 0 Å². The van der Waals surface area contributed by atoms with Gasteiger partial charge < -0.3 is 4.79 Å². The highest BCUT2D eigenvalue weighted by Gasteiger charge is 2.07. The Labute approximate surface area is 67.8 Å². The maximum absolute atomic E-state index is 10.2. The molecule has 1 radical (unpaired) electrons. The van der Waals surface area contributed by atoms with Gasteiger partial charge >= 0.3 is 0 Å². The van der Waals surface area contributed by atoms with Gasteiger partial charge in [-0.05, 0) is 24.8 Å². The maximum Gasteiger partial charge on any atom is 0.124 e. The summed E-state index contributed by atoms with van der Waals surface area (Å²) in [4.78, 5) is 10.2. The second-order valence-electron chi connectivity index (χ2n) is 3.03. The van der Waals surface area contributed by atoms with Gasteiger partial charge in [-0.1, -0.05) is 24.6 Å². The number of carbonyl (C=O) groups is 1. The van der Waals surface area contributed by atoms with Crippen molar-refractivity contribution in [1.82, 2.24) is 0 Å². The van der Waals surface area contributed by atoms with Gasteiger partial charge in [-0.2, -0.15) is 0 Å². The van der Waals surface area contributed by atoms with Crippen LogP contribution in [0.4, 0.5) is 0 Å². The first-order valence-electron chi connectivity index (χ1n) is 3.90. The smallest absolute Gasteiger partial charge is 0.124 e. The van der Waals surface area contributed by atoms with Crippen LogP contribution in [0.5, 0.6) is 0 Å². The Morgan fingerprint density at radius 3 is 2.91 bits per heavy atom. The minimum Gasteiger partial charge on any atom is -0.303 e. The van der Waals surface area contributed by atoms with E-state index < -0.39 is 0 Å². The van der Waals surface area contributed by atoms with Crippen LogP contribution in [0.25, 0.3) is 0 Å². The average Bonchev–Trinajstić information content (AvgIpc) is 1.85. The molecule has 0 aliphatic heterocycles. The maximum atomic E-state index is 10.2. The molecule has 0 aromatic carbocycles. The lowest BCUT2D eigenvalue weighted by molar-refractivity contribution is -0.107. The predicted molar refractivity (Wildman–Crippen MR) is 46.0 cm³/mol. The van der Waals surface area contributed by atoms with Crippen LogP contribution in [0.2, 0.25) is 0 Å². The van der Waals surface area contributed by atoms with Gasteiger partial charge in [0, 0.05) is 6.42 Å². The zero-order valence-corrected chi connectivity index (χ0v) is 7.00. The van der Waals surface area contributed by atoms with E-state index in [2.05, 4.69) is 32.4 Å². The van der Waals surface area contributed by atoms with E-state index in [1.165, 1.54) is 5.57 Å². The van der Waals surface area contributed by atoms with Crippen molar-refractivity contribution in [3.8, 4) is 0 Å². The van der Waals surface area contributed by atoms with Gasteiger partial charge in [0.2, 0.25) is 0 Å². The second kappa shape index (κ2) is 3.51. The molecular weight excluding hydrogens is 136 g/mol. The molecule has 0 saturated carbocycles. The van der Waals surface area contributed by atoms with Crippen LogP contribution in [-0.4, -0.2) is 6.29 Å². The van der Waals surface area contributed by atoms with E-state index in [-0.39, 0.29) is 0 Å². The summed E-state index contributed by atoms with van der Waals surface area (Å²) in [6, 6.07) is 0. The highest BCUT2D eigenvalue weighted by molar-refractivity contribution is 5.57. The summed E-state index contributed by atoms with van der Waals surface area (Å²) in [5, 5.41) is 0. The molecule has 1 aliphatic carbocycles. The lowest BCUT2D eigenvalue weighted by atomic mass is 9.91. The highest BCUT2D eigenvalue weighted by atomic mass is 16.1. The normalized spacial score (nSPS) is 24.0. The topological polar surface area (TPSA) is 17.1 Å². The Morgan fingerprint density at radius 1 is 1.64 bits per heavy atom.